The summed E-state index contributed by atoms with van der Waals surface area (Å²) in [5.41, 5.74) is 0.777. The Morgan fingerprint density at radius 1 is 1.21 bits per heavy atom. The number of carbonyl (C=O) groups excluding carboxylic acids is 1. The third-order valence-electron chi connectivity index (χ3n) is 3.90. The van der Waals surface area contributed by atoms with E-state index in [1.165, 1.54) is 12.1 Å². The van der Waals surface area contributed by atoms with Gasteiger partial charge in [0.1, 0.15) is 10.7 Å². The average Bonchev–Trinajstić information content (AvgIpc) is 3.06. The van der Waals surface area contributed by atoms with Crippen molar-refractivity contribution in [1.29, 1.82) is 0 Å². The number of piperidine rings is 1. The molecule has 1 aliphatic heterocycles. The van der Waals surface area contributed by atoms with E-state index in [4.69, 9.17) is 4.42 Å². The monoisotopic (exact) mass is 333 g/mol. The molecule has 1 N–H and O–H groups in total. The van der Waals surface area contributed by atoms with E-state index in [-0.39, 0.29) is 11.4 Å². The molecular weight excluding hydrogens is 317 g/mol. The second-order valence-electron chi connectivity index (χ2n) is 5.56. The third kappa shape index (κ3) is 3.37. The third-order valence-corrected chi connectivity index (χ3v) is 3.90. The van der Waals surface area contributed by atoms with Gasteiger partial charge in [-0.1, -0.05) is 0 Å². The lowest BCUT2D eigenvalue weighted by Crippen LogP contribution is -2.30. The highest BCUT2D eigenvalue weighted by Crippen LogP contribution is 2.26. The number of halogens is 1. The minimum absolute atomic E-state index is 0.206. The van der Waals surface area contributed by atoms with E-state index < -0.39 is 22.5 Å². The second-order valence-corrected chi connectivity index (χ2v) is 5.56. The van der Waals surface area contributed by atoms with E-state index in [9.17, 15) is 19.3 Å². The molecule has 1 aliphatic rings. The number of carbonyl (C=O) groups is 1. The zero-order valence-corrected chi connectivity index (χ0v) is 12.8. The van der Waals surface area contributed by atoms with Gasteiger partial charge in [-0.3, -0.25) is 14.9 Å². The number of furan rings is 1. The number of nitro groups is 1. The van der Waals surface area contributed by atoms with Crippen LogP contribution in [0.4, 0.5) is 21.6 Å². The molecule has 2 aromatic rings. The number of rotatable bonds is 4. The van der Waals surface area contributed by atoms with Crippen LogP contribution in [0.2, 0.25) is 0 Å². The summed E-state index contributed by atoms with van der Waals surface area (Å²) >= 11 is 0. The van der Waals surface area contributed by atoms with Crippen molar-refractivity contribution < 1.29 is 18.5 Å². The van der Waals surface area contributed by atoms with Crippen molar-refractivity contribution >= 4 is 23.2 Å². The van der Waals surface area contributed by atoms with E-state index in [1.54, 1.807) is 12.1 Å². The Labute approximate surface area is 137 Å². The van der Waals surface area contributed by atoms with Gasteiger partial charge in [0.25, 0.3) is 5.91 Å². The first-order chi connectivity index (χ1) is 11.5. The number of nitrogens with zero attached hydrogens (tertiary/aromatic N) is 2. The topological polar surface area (TPSA) is 88.6 Å². The molecule has 1 amide bonds. The van der Waals surface area contributed by atoms with E-state index in [0.717, 1.165) is 38.4 Å². The fraction of sp³-hybridized carbons (Fsp3) is 0.312. The minimum Gasteiger partial charge on any atom is -0.395 e. The van der Waals surface area contributed by atoms with Gasteiger partial charge in [0, 0.05) is 18.8 Å². The van der Waals surface area contributed by atoms with Crippen molar-refractivity contribution in [3.8, 4) is 0 Å². The van der Waals surface area contributed by atoms with Crippen LogP contribution in [0.1, 0.15) is 29.8 Å². The Bertz CT molecular complexity index is 768. The molecule has 0 aliphatic carbocycles. The molecule has 126 valence electrons. The number of benzene rings is 1. The molecule has 2 heterocycles. The lowest BCUT2D eigenvalue weighted by Gasteiger charge is -2.29. The summed E-state index contributed by atoms with van der Waals surface area (Å²) in [6, 6.07) is 6.75. The first kappa shape index (κ1) is 16.0. The largest absolute Gasteiger partial charge is 0.433 e. The van der Waals surface area contributed by atoms with Crippen LogP contribution >= 0.6 is 0 Å². The zero-order chi connectivity index (χ0) is 17.1. The maximum Gasteiger partial charge on any atom is 0.433 e. The van der Waals surface area contributed by atoms with Crippen molar-refractivity contribution in [3.05, 3.63) is 52.0 Å². The van der Waals surface area contributed by atoms with E-state index in [1.807, 2.05) is 4.90 Å². The molecular formula is C16H16FN3O4. The summed E-state index contributed by atoms with van der Waals surface area (Å²) in [5.74, 6) is -1.82. The molecule has 1 saturated heterocycles. The highest BCUT2D eigenvalue weighted by Gasteiger charge is 2.19. The summed E-state index contributed by atoms with van der Waals surface area (Å²) in [5, 5.41) is 13.0. The Morgan fingerprint density at radius 2 is 1.96 bits per heavy atom. The highest BCUT2D eigenvalue weighted by molar-refractivity contribution is 6.02. The molecule has 0 saturated carbocycles. The van der Waals surface area contributed by atoms with Gasteiger partial charge in [-0.05, 0) is 43.5 Å². The smallest absolute Gasteiger partial charge is 0.395 e. The maximum atomic E-state index is 14.3. The van der Waals surface area contributed by atoms with Crippen molar-refractivity contribution in [1.82, 2.24) is 0 Å². The van der Waals surface area contributed by atoms with Gasteiger partial charge >= 0.3 is 5.88 Å². The molecule has 1 aromatic carbocycles. The molecule has 24 heavy (non-hydrogen) atoms. The van der Waals surface area contributed by atoms with Crippen LogP contribution in [-0.4, -0.2) is 23.9 Å². The van der Waals surface area contributed by atoms with Gasteiger partial charge in [0.05, 0.1) is 11.8 Å². The predicted molar refractivity (Wildman–Crippen MR) is 85.8 cm³/mol. The summed E-state index contributed by atoms with van der Waals surface area (Å²) in [6.45, 7) is 1.64. The van der Waals surface area contributed by atoms with Gasteiger partial charge in [0.15, 0.2) is 5.76 Å². The molecule has 3 rings (SSSR count). The molecule has 0 radical (unpaired) electrons. The number of anilines is 2. The quantitative estimate of drug-likeness (QED) is 0.682. The van der Waals surface area contributed by atoms with E-state index >= 15 is 0 Å². The summed E-state index contributed by atoms with van der Waals surface area (Å²) in [7, 11) is 0. The predicted octanol–water partition coefficient (Wildman–Crippen LogP) is 3.57. The molecule has 7 nitrogen and oxygen atoms in total. The van der Waals surface area contributed by atoms with E-state index in [0.29, 0.717) is 5.69 Å². The average molecular weight is 333 g/mol. The fourth-order valence-electron chi connectivity index (χ4n) is 2.72. The van der Waals surface area contributed by atoms with Crippen LogP contribution in [-0.2, 0) is 0 Å². The normalized spacial score (nSPS) is 14.5. The summed E-state index contributed by atoms with van der Waals surface area (Å²) in [4.78, 5) is 23.8. The molecule has 0 unspecified atom stereocenters. The Morgan fingerprint density at radius 3 is 2.58 bits per heavy atom. The minimum atomic E-state index is -0.732. The second kappa shape index (κ2) is 6.69. The standard InChI is InChI=1S/C16H16FN3O4/c17-12-10-11(4-5-13(12)19-8-2-1-3-9-19)18-16(21)14-6-7-15(24-14)20(22)23/h4-7,10H,1-3,8-9H2,(H,18,21). The van der Waals surface area contributed by atoms with Crippen molar-refractivity contribution in [2.45, 2.75) is 19.3 Å². The number of hydrogen-bond acceptors (Lipinski definition) is 5. The fourth-order valence-corrected chi connectivity index (χ4v) is 2.72. The SMILES string of the molecule is O=C(Nc1ccc(N2CCCCC2)c(F)c1)c1ccc([N+](=O)[O-])o1. The first-order valence-electron chi connectivity index (χ1n) is 7.64. The Balaban J connectivity index is 1.71. The molecule has 1 fully saturated rings. The van der Waals surface area contributed by atoms with Crippen LogP contribution in [0, 0.1) is 15.9 Å². The summed E-state index contributed by atoms with van der Waals surface area (Å²) in [6.07, 6.45) is 3.23. The van der Waals surface area contributed by atoms with Gasteiger partial charge in [0.2, 0.25) is 0 Å². The zero-order valence-electron chi connectivity index (χ0n) is 12.8. The summed E-state index contributed by atoms with van der Waals surface area (Å²) < 4.78 is 19.1. The van der Waals surface area contributed by atoms with Crippen molar-refractivity contribution in [2.75, 3.05) is 23.3 Å². The van der Waals surface area contributed by atoms with Gasteiger partial charge in [-0.25, -0.2) is 4.39 Å². The van der Waals surface area contributed by atoms with Crippen LogP contribution in [0.3, 0.4) is 0 Å². The molecule has 0 atom stereocenters. The van der Waals surface area contributed by atoms with Crippen molar-refractivity contribution in [3.63, 3.8) is 0 Å². The highest BCUT2D eigenvalue weighted by atomic mass is 19.1. The Kier molecular flexibility index (Phi) is 4.45. The van der Waals surface area contributed by atoms with E-state index in [2.05, 4.69) is 5.32 Å². The molecule has 0 bridgehead atoms. The number of hydrogen-bond donors (Lipinski definition) is 1. The molecule has 8 heteroatoms. The molecule has 0 spiro atoms. The number of nitrogens with one attached hydrogen (secondary N) is 1. The Hall–Kier alpha value is -2.90. The van der Waals surface area contributed by atoms with Crippen LogP contribution in [0.25, 0.3) is 0 Å². The van der Waals surface area contributed by atoms with Gasteiger partial charge < -0.3 is 14.6 Å². The maximum absolute atomic E-state index is 14.3. The van der Waals surface area contributed by atoms with Crippen molar-refractivity contribution in [2.24, 2.45) is 0 Å². The first-order valence-corrected chi connectivity index (χ1v) is 7.64. The lowest BCUT2D eigenvalue weighted by molar-refractivity contribution is -0.402. The molecule has 1 aromatic heterocycles. The van der Waals surface area contributed by atoms with Gasteiger partial charge in [-0.15, -0.1) is 0 Å². The van der Waals surface area contributed by atoms with Gasteiger partial charge in [-0.2, -0.15) is 0 Å². The van der Waals surface area contributed by atoms with Crippen LogP contribution in [0.15, 0.2) is 34.7 Å². The van der Waals surface area contributed by atoms with Crippen LogP contribution < -0.4 is 10.2 Å². The lowest BCUT2D eigenvalue weighted by atomic mass is 10.1. The van der Waals surface area contributed by atoms with Crippen LogP contribution in [0.5, 0.6) is 0 Å². The number of amides is 1.